The lowest BCUT2D eigenvalue weighted by Gasteiger charge is -2.14. The molecule has 1 aromatic carbocycles. The minimum absolute atomic E-state index is 0.273. The van der Waals surface area contributed by atoms with Gasteiger partial charge in [0.1, 0.15) is 0 Å². The molecule has 1 aromatic rings. The second-order valence-electron chi connectivity index (χ2n) is 3.66. The van der Waals surface area contributed by atoms with Crippen molar-refractivity contribution in [1.29, 1.82) is 0 Å². The molecule has 0 aliphatic rings. The number of hydrogen-bond donors (Lipinski definition) is 1. The molecule has 0 heterocycles. The van der Waals surface area contributed by atoms with Gasteiger partial charge in [-0.1, -0.05) is 18.2 Å². The molecule has 0 fully saturated rings. The monoisotopic (exact) mass is 199 g/mol. The Balaban J connectivity index is 2.83. The third kappa shape index (κ3) is 2.77. The zero-order chi connectivity index (χ0) is 10.8. The predicted octanol–water partition coefficient (Wildman–Crippen LogP) is 2.44. The maximum atomic E-state index is 12.9. The van der Waals surface area contributed by atoms with Crippen molar-refractivity contribution in [2.45, 2.75) is 26.2 Å². The largest absolute Gasteiger partial charge is 0.325 e. The van der Waals surface area contributed by atoms with Gasteiger partial charge in [-0.15, -0.1) is 0 Å². The molecular weight excluding hydrogens is 184 g/mol. The third-order valence-corrected chi connectivity index (χ3v) is 2.33. The number of alkyl halides is 2. The number of rotatable bonds is 3. The van der Waals surface area contributed by atoms with Gasteiger partial charge < -0.3 is 5.73 Å². The van der Waals surface area contributed by atoms with Crippen LogP contribution in [0.3, 0.4) is 0 Å². The highest BCUT2D eigenvalue weighted by Crippen LogP contribution is 2.20. The van der Waals surface area contributed by atoms with Crippen LogP contribution in [-0.4, -0.2) is 12.5 Å². The topological polar surface area (TPSA) is 26.0 Å². The van der Waals surface area contributed by atoms with E-state index in [2.05, 4.69) is 0 Å². The summed E-state index contributed by atoms with van der Waals surface area (Å²) in [7, 11) is 0. The van der Waals surface area contributed by atoms with E-state index in [1.165, 1.54) is 0 Å². The smallest absolute Gasteiger partial charge is 0.264 e. The van der Waals surface area contributed by atoms with E-state index < -0.39 is 12.5 Å². The molecule has 0 aliphatic carbocycles. The van der Waals surface area contributed by atoms with Gasteiger partial charge in [0, 0.05) is 6.42 Å². The lowest BCUT2D eigenvalue weighted by Crippen LogP contribution is -2.30. The molecule has 0 saturated heterocycles. The van der Waals surface area contributed by atoms with Gasteiger partial charge in [0.05, 0.1) is 6.54 Å². The molecule has 0 aromatic heterocycles. The summed E-state index contributed by atoms with van der Waals surface area (Å²) in [6.45, 7) is 3.28. The first-order valence-corrected chi connectivity index (χ1v) is 4.58. The minimum Gasteiger partial charge on any atom is -0.325 e. The zero-order valence-electron chi connectivity index (χ0n) is 8.48. The van der Waals surface area contributed by atoms with E-state index in [-0.39, 0.29) is 6.42 Å². The highest BCUT2D eigenvalue weighted by molar-refractivity contribution is 5.30. The first kappa shape index (κ1) is 11.1. The Kier molecular flexibility index (Phi) is 3.21. The van der Waals surface area contributed by atoms with E-state index in [4.69, 9.17) is 5.73 Å². The lowest BCUT2D eigenvalue weighted by molar-refractivity contribution is 0.0115. The van der Waals surface area contributed by atoms with E-state index in [1.807, 2.05) is 19.9 Å². The first-order chi connectivity index (χ1) is 6.44. The zero-order valence-corrected chi connectivity index (χ0v) is 8.48. The van der Waals surface area contributed by atoms with Crippen LogP contribution in [-0.2, 0) is 6.42 Å². The van der Waals surface area contributed by atoms with Gasteiger partial charge in [0.15, 0.2) is 0 Å². The quantitative estimate of drug-likeness (QED) is 0.795. The molecular formula is C11H15F2N. The number of halogens is 2. The van der Waals surface area contributed by atoms with Crippen LogP contribution in [0.5, 0.6) is 0 Å². The average Bonchev–Trinajstić information content (AvgIpc) is 2.11. The van der Waals surface area contributed by atoms with Crippen LogP contribution in [0, 0.1) is 13.8 Å². The number of hydrogen-bond acceptors (Lipinski definition) is 1. The molecule has 0 spiro atoms. The van der Waals surface area contributed by atoms with Gasteiger partial charge in [0.25, 0.3) is 5.92 Å². The SMILES string of the molecule is Cc1ccc(CC(F)(F)CN)cc1C. The molecule has 3 heteroatoms. The van der Waals surface area contributed by atoms with E-state index in [0.717, 1.165) is 11.1 Å². The van der Waals surface area contributed by atoms with E-state index >= 15 is 0 Å². The van der Waals surface area contributed by atoms with Crippen molar-refractivity contribution in [2.75, 3.05) is 6.54 Å². The Hall–Kier alpha value is -0.960. The van der Waals surface area contributed by atoms with E-state index in [1.54, 1.807) is 12.1 Å². The van der Waals surface area contributed by atoms with Gasteiger partial charge in [-0.2, -0.15) is 0 Å². The molecule has 78 valence electrons. The molecule has 2 N–H and O–H groups in total. The molecule has 0 radical (unpaired) electrons. The molecule has 14 heavy (non-hydrogen) atoms. The van der Waals surface area contributed by atoms with Gasteiger partial charge in [0.2, 0.25) is 0 Å². The molecule has 1 rings (SSSR count). The Labute approximate surface area is 82.9 Å². The fourth-order valence-electron chi connectivity index (χ4n) is 1.28. The van der Waals surface area contributed by atoms with Crippen molar-refractivity contribution in [3.8, 4) is 0 Å². The summed E-state index contributed by atoms with van der Waals surface area (Å²) in [5.41, 5.74) is 7.77. The molecule has 0 unspecified atom stereocenters. The fourth-order valence-corrected chi connectivity index (χ4v) is 1.28. The van der Waals surface area contributed by atoms with Gasteiger partial charge >= 0.3 is 0 Å². The maximum absolute atomic E-state index is 12.9. The summed E-state index contributed by atoms with van der Waals surface area (Å²) in [6, 6.07) is 5.38. The fraction of sp³-hybridized carbons (Fsp3) is 0.455. The van der Waals surface area contributed by atoms with Crippen molar-refractivity contribution >= 4 is 0 Å². The van der Waals surface area contributed by atoms with Gasteiger partial charge in [-0.05, 0) is 30.5 Å². The molecule has 0 aliphatic heterocycles. The highest BCUT2D eigenvalue weighted by atomic mass is 19.3. The first-order valence-electron chi connectivity index (χ1n) is 4.58. The summed E-state index contributed by atoms with van der Waals surface area (Å²) in [5, 5.41) is 0. The lowest BCUT2D eigenvalue weighted by atomic mass is 10.0. The summed E-state index contributed by atoms with van der Waals surface area (Å²) in [4.78, 5) is 0. The maximum Gasteiger partial charge on any atom is 0.264 e. The van der Waals surface area contributed by atoms with Gasteiger partial charge in [-0.25, -0.2) is 8.78 Å². The van der Waals surface area contributed by atoms with Crippen LogP contribution in [0.4, 0.5) is 8.78 Å². The number of benzene rings is 1. The van der Waals surface area contributed by atoms with Crippen LogP contribution in [0.1, 0.15) is 16.7 Å². The molecule has 0 amide bonds. The second-order valence-corrected chi connectivity index (χ2v) is 3.66. The van der Waals surface area contributed by atoms with Crippen LogP contribution in [0.15, 0.2) is 18.2 Å². The number of nitrogens with two attached hydrogens (primary N) is 1. The summed E-state index contributed by atoms with van der Waals surface area (Å²) >= 11 is 0. The summed E-state index contributed by atoms with van der Waals surface area (Å²) in [5.74, 6) is -2.79. The normalized spacial score (nSPS) is 11.8. The second kappa shape index (κ2) is 4.05. The standard InChI is InChI=1S/C11H15F2N/c1-8-3-4-10(5-9(8)2)6-11(12,13)7-14/h3-5H,6-7,14H2,1-2H3. The Morgan fingerprint density at radius 2 is 1.86 bits per heavy atom. The van der Waals surface area contributed by atoms with Crippen LogP contribution in [0.2, 0.25) is 0 Å². The van der Waals surface area contributed by atoms with Crippen molar-refractivity contribution in [3.05, 3.63) is 34.9 Å². The summed E-state index contributed by atoms with van der Waals surface area (Å²) < 4.78 is 25.9. The minimum atomic E-state index is -2.79. The van der Waals surface area contributed by atoms with E-state index in [9.17, 15) is 8.78 Å². The average molecular weight is 199 g/mol. The van der Waals surface area contributed by atoms with Crippen LogP contribution in [0.25, 0.3) is 0 Å². The third-order valence-electron chi connectivity index (χ3n) is 2.33. The molecule has 1 nitrogen and oxygen atoms in total. The highest BCUT2D eigenvalue weighted by Gasteiger charge is 2.26. The van der Waals surface area contributed by atoms with Crippen molar-refractivity contribution in [3.63, 3.8) is 0 Å². The van der Waals surface area contributed by atoms with Crippen molar-refractivity contribution in [1.82, 2.24) is 0 Å². The van der Waals surface area contributed by atoms with Crippen LogP contribution < -0.4 is 5.73 Å². The molecule has 0 saturated carbocycles. The van der Waals surface area contributed by atoms with Gasteiger partial charge in [-0.3, -0.25) is 0 Å². The Bertz CT molecular complexity index is 321. The predicted molar refractivity (Wildman–Crippen MR) is 53.6 cm³/mol. The molecule has 0 atom stereocenters. The molecule has 0 bridgehead atoms. The number of aryl methyl sites for hydroxylation is 2. The summed E-state index contributed by atoms with van der Waals surface area (Å²) in [6.07, 6.45) is -0.273. The van der Waals surface area contributed by atoms with E-state index in [0.29, 0.717) is 5.56 Å². The Morgan fingerprint density at radius 3 is 2.36 bits per heavy atom. The van der Waals surface area contributed by atoms with Crippen LogP contribution >= 0.6 is 0 Å². The van der Waals surface area contributed by atoms with Crippen molar-refractivity contribution in [2.24, 2.45) is 5.73 Å². The van der Waals surface area contributed by atoms with Crippen molar-refractivity contribution < 1.29 is 8.78 Å². The Morgan fingerprint density at radius 1 is 1.21 bits per heavy atom.